The first-order valence-electron chi connectivity index (χ1n) is 6.31. The fourth-order valence-electron chi connectivity index (χ4n) is 2.17. The Balaban J connectivity index is 2.63. The molecule has 0 aliphatic heterocycles. The normalized spacial score (nSPS) is 11.0. The number of aliphatic carboxylic acids is 1. The summed E-state index contributed by atoms with van der Waals surface area (Å²) in [6, 6.07) is 17.9. The zero-order chi connectivity index (χ0) is 14.4. The third-order valence-electron chi connectivity index (χ3n) is 3.08. The van der Waals surface area contributed by atoms with Crippen LogP contribution < -0.4 is 0 Å². The molecule has 2 aromatic rings. The lowest BCUT2D eigenvalue weighted by atomic mass is 9.86. The van der Waals surface area contributed by atoms with Crippen LogP contribution in [-0.4, -0.2) is 17.7 Å². The van der Waals surface area contributed by atoms with E-state index in [1.165, 1.54) is 0 Å². The molecule has 0 atom stereocenters. The summed E-state index contributed by atoms with van der Waals surface area (Å²) in [6.45, 7) is 3.74. The molecule has 2 aromatic carbocycles. The summed E-state index contributed by atoms with van der Waals surface area (Å²) in [5.74, 6) is -1.04. The predicted molar refractivity (Wildman–Crippen MR) is 77.4 cm³/mol. The van der Waals surface area contributed by atoms with E-state index < -0.39 is 11.6 Å². The Morgan fingerprint density at radius 2 is 1.50 bits per heavy atom. The number of rotatable bonds is 6. The summed E-state index contributed by atoms with van der Waals surface area (Å²) < 4.78 is 5.69. The Morgan fingerprint density at radius 1 is 1.05 bits per heavy atom. The van der Waals surface area contributed by atoms with Gasteiger partial charge in [-0.3, -0.25) is 0 Å². The molecule has 0 aliphatic carbocycles. The molecule has 0 aliphatic rings. The fraction of sp³-hybridized carbons (Fsp3) is 0.118. The number of carboxylic acids is 1. The minimum atomic E-state index is -1.52. The van der Waals surface area contributed by atoms with E-state index in [-0.39, 0.29) is 6.61 Å². The first-order chi connectivity index (χ1) is 9.71. The Bertz CT molecular complexity index is 536. The van der Waals surface area contributed by atoms with Gasteiger partial charge in [0.05, 0.1) is 6.61 Å². The van der Waals surface area contributed by atoms with Gasteiger partial charge < -0.3 is 9.84 Å². The minimum absolute atomic E-state index is 0.149. The molecule has 102 valence electrons. The second kappa shape index (κ2) is 6.17. The van der Waals surface area contributed by atoms with Gasteiger partial charge in [0.2, 0.25) is 5.60 Å². The number of hydrogen-bond donors (Lipinski definition) is 1. The smallest absolute Gasteiger partial charge is 0.345 e. The lowest BCUT2D eigenvalue weighted by Crippen LogP contribution is -2.40. The predicted octanol–water partition coefficient (Wildman–Crippen LogP) is 3.22. The SMILES string of the molecule is C=CCOC(C(=O)O)(c1ccccc1)c1ccccc1. The van der Waals surface area contributed by atoms with Crippen LogP contribution in [0.15, 0.2) is 73.3 Å². The van der Waals surface area contributed by atoms with Gasteiger partial charge in [0, 0.05) is 0 Å². The van der Waals surface area contributed by atoms with Crippen molar-refractivity contribution in [2.24, 2.45) is 0 Å². The molecule has 0 heterocycles. The summed E-state index contributed by atoms with van der Waals surface area (Å²) in [5.41, 5.74) is -0.349. The molecule has 0 amide bonds. The van der Waals surface area contributed by atoms with Crippen molar-refractivity contribution in [3.63, 3.8) is 0 Å². The molecule has 3 nitrogen and oxygen atoms in total. The maximum atomic E-state index is 12.0. The zero-order valence-corrected chi connectivity index (χ0v) is 11.0. The number of carboxylic acid groups (broad SMARTS) is 1. The summed E-state index contributed by atoms with van der Waals surface area (Å²) in [5, 5.41) is 9.80. The van der Waals surface area contributed by atoms with Gasteiger partial charge in [-0.05, 0) is 11.1 Å². The van der Waals surface area contributed by atoms with Gasteiger partial charge in [-0.2, -0.15) is 0 Å². The number of hydrogen-bond acceptors (Lipinski definition) is 2. The third kappa shape index (κ3) is 2.49. The van der Waals surface area contributed by atoms with Gasteiger partial charge in [0.1, 0.15) is 0 Å². The maximum absolute atomic E-state index is 12.0. The molecule has 2 rings (SSSR count). The van der Waals surface area contributed by atoms with E-state index in [2.05, 4.69) is 6.58 Å². The molecule has 0 saturated carbocycles. The van der Waals surface area contributed by atoms with Crippen molar-refractivity contribution in [3.8, 4) is 0 Å². The van der Waals surface area contributed by atoms with Crippen LogP contribution in [0.25, 0.3) is 0 Å². The van der Waals surface area contributed by atoms with Crippen molar-refractivity contribution in [2.75, 3.05) is 6.61 Å². The zero-order valence-electron chi connectivity index (χ0n) is 11.0. The Kier molecular flexibility index (Phi) is 4.33. The van der Waals surface area contributed by atoms with E-state index in [4.69, 9.17) is 4.74 Å². The molecule has 0 radical (unpaired) electrons. The Labute approximate surface area is 118 Å². The summed E-state index contributed by atoms with van der Waals surface area (Å²) in [7, 11) is 0. The molecule has 3 heteroatoms. The van der Waals surface area contributed by atoms with Crippen LogP contribution in [0.1, 0.15) is 11.1 Å². The first kappa shape index (κ1) is 14.0. The fourth-order valence-corrected chi connectivity index (χ4v) is 2.17. The van der Waals surface area contributed by atoms with Gasteiger partial charge >= 0.3 is 5.97 Å². The van der Waals surface area contributed by atoms with Crippen molar-refractivity contribution in [2.45, 2.75) is 5.60 Å². The Morgan fingerprint density at radius 3 is 1.85 bits per heavy atom. The van der Waals surface area contributed by atoms with Crippen LogP contribution in [0, 0.1) is 0 Å². The van der Waals surface area contributed by atoms with Crippen molar-refractivity contribution >= 4 is 5.97 Å². The van der Waals surface area contributed by atoms with Crippen LogP contribution in [0.2, 0.25) is 0 Å². The molecule has 0 bridgehead atoms. The Hall–Kier alpha value is -2.39. The molecule has 1 N–H and O–H groups in total. The van der Waals surface area contributed by atoms with E-state index in [1.54, 1.807) is 54.6 Å². The summed E-state index contributed by atoms with van der Waals surface area (Å²) >= 11 is 0. The van der Waals surface area contributed by atoms with Gasteiger partial charge in [0.15, 0.2) is 0 Å². The van der Waals surface area contributed by atoms with Crippen LogP contribution in [0.4, 0.5) is 0 Å². The number of carbonyl (C=O) groups is 1. The average molecular weight is 268 g/mol. The van der Waals surface area contributed by atoms with Crippen LogP contribution in [0.5, 0.6) is 0 Å². The lowest BCUT2D eigenvalue weighted by molar-refractivity contribution is -0.160. The highest BCUT2D eigenvalue weighted by atomic mass is 16.5. The number of ether oxygens (including phenoxy) is 1. The topological polar surface area (TPSA) is 46.5 Å². The van der Waals surface area contributed by atoms with E-state index in [0.29, 0.717) is 11.1 Å². The van der Waals surface area contributed by atoms with Crippen molar-refractivity contribution < 1.29 is 14.6 Å². The van der Waals surface area contributed by atoms with Gasteiger partial charge in [-0.15, -0.1) is 6.58 Å². The largest absolute Gasteiger partial charge is 0.479 e. The molecule has 0 fully saturated rings. The molecule has 0 aromatic heterocycles. The van der Waals surface area contributed by atoms with Gasteiger partial charge in [-0.1, -0.05) is 66.7 Å². The third-order valence-corrected chi connectivity index (χ3v) is 3.08. The van der Waals surface area contributed by atoms with Crippen LogP contribution >= 0.6 is 0 Å². The maximum Gasteiger partial charge on any atom is 0.345 e. The summed E-state index contributed by atoms with van der Waals surface area (Å²) in [6.07, 6.45) is 1.55. The van der Waals surface area contributed by atoms with Crippen LogP contribution in [-0.2, 0) is 15.1 Å². The van der Waals surface area contributed by atoms with Crippen LogP contribution in [0.3, 0.4) is 0 Å². The minimum Gasteiger partial charge on any atom is -0.479 e. The molecule has 0 spiro atoms. The highest BCUT2D eigenvalue weighted by Gasteiger charge is 2.43. The van der Waals surface area contributed by atoms with Gasteiger partial charge in [0.25, 0.3) is 0 Å². The molecular weight excluding hydrogens is 252 g/mol. The van der Waals surface area contributed by atoms with Crippen molar-refractivity contribution in [3.05, 3.63) is 84.4 Å². The van der Waals surface area contributed by atoms with E-state index in [9.17, 15) is 9.90 Å². The second-order valence-corrected chi connectivity index (χ2v) is 4.32. The van der Waals surface area contributed by atoms with E-state index in [1.807, 2.05) is 12.1 Å². The van der Waals surface area contributed by atoms with E-state index >= 15 is 0 Å². The summed E-state index contributed by atoms with van der Waals surface area (Å²) in [4.78, 5) is 12.0. The standard InChI is InChI=1S/C17H16O3/c1-2-13-20-17(16(18)19,14-9-5-3-6-10-14)15-11-7-4-8-12-15/h2-12H,1,13H2,(H,18,19). The average Bonchev–Trinajstić information content (AvgIpc) is 2.50. The van der Waals surface area contributed by atoms with E-state index in [0.717, 1.165) is 0 Å². The molecule has 0 unspecified atom stereocenters. The highest BCUT2D eigenvalue weighted by Crippen LogP contribution is 2.34. The second-order valence-electron chi connectivity index (χ2n) is 4.32. The first-order valence-corrected chi connectivity index (χ1v) is 6.31. The van der Waals surface area contributed by atoms with Gasteiger partial charge in [-0.25, -0.2) is 4.79 Å². The number of benzene rings is 2. The van der Waals surface area contributed by atoms with Crippen molar-refractivity contribution in [1.29, 1.82) is 0 Å². The lowest BCUT2D eigenvalue weighted by Gasteiger charge is -2.30. The quantitative estimate of drug-likeness (QED) is 0.818. The molecular formula is C17H16O3. The molecule has 20 heavy (non-hydrogen) atoms. The van der Waals surface area contributed by atoms with Crippen molar-refractivity contribution in [1.82, 2.24) is 0 Å². The monoisotopic (exact) mass is 268 g/mol. The molecule has 0 saturated heterocycles. The highest BCUT2D eigenvalue weighted by molar-refractivity contribution is 5.84.